The minimum atomic E-state index is -0.0853. The molecular weight excluding hydrogens is 326 g/mol. The fourth-order valence-corrected chi connectivity index (χ4v) is 3.12. The summed E-state index contributed by atoms with van der Waals surface area (Å²) in [6, 6.07) is 19.7. The third-order valence-corrected chi connectivity index (χ3v) is 4.43. The normalized spacial score (nSPS) is 17.4. The molecule has 1 aliphatic heterocycles. The average molecular weight is 349 g/mol. The first kappa shape index (κ1) is 18.1. The quantitative estimate of drug-likeness (QED) is 0.870. The zero-order valence-electron chi connectivity index (χ0n) is 14.7. The largest absolute Gasteiger partial charge is 0.375 e. The van der Waals surface area contributed by atoms with Gasteiger partial charge in [0.05, 0.1) is 30.8 Å². The summed E-state index contributed by atoms with van der Waals surface area (Å²) in [5, 5.41) is 11.8. The van der Waals surface area contributed by atoms with Gasteiger partial charge in [-0.25, -0.2) is 0 Å². The molecule has 134 valence electrons. The van der Waals surface area contributed by atoms with Gasteiger partial charge in [-0.2, -0.15) is 5.26 Å². The van der Waals surface area contributed by atoms with E-state index in [2.05, 4.69) is 28.4 Å². The highest BCUT2D eigenvalue weighted by Crippen LogP contribution is 2.13. The summed E-state index contributed by atoms with van der Waals surface area (Å²) in [6.45, 7) is 3.59. The average Bonchev–Trinajstić information content (AvgIpc) is 2.68. The van der Waals surface area contributed by atoms with E-state index in [4.69, 9.17) is 10.00 Å². The smallest absolute Gasteiger partial charge is 0.222 e. The van der Waals surface area contributed by atoms with Gasteiger partial charge in [0.2, 0.25) is 5.91 Å². The molecule has 5 heteroatoms. The summed E-state index contributed by atoms with van der Waals surface area (Å²) in [4.78, 5) is 14.6. The Morgan fingerprint density at radius 3 is 2.81 bits per heavy atom. The van der Waals surface area contributed by atoms with Crippen LogP contribution in [0, 0.1) is 11.3 Å². The highest BCUT2D eigenvalue weighted by molar-refractivity contribution is 5.76. The molecule has 1 heterocycles. The first-order valence-electron chi connectivity index (χ1n) is 8.86. The summed E-state index contributed by atoms with van der Waals surface area (Å²) >= 11 is 0. The molecule has 2 aromatic carbocycles. The number of hydrogen-bond donors (Lipinski definition) is 1. The van der Waals surface area contributed by atoms with E-state index in [-0.39, 0.29) is 12.0 Å². The van der Waals surface area contributed by atoms with Crippen molar-refractivity contribution in [3.63, 3.8) is 0 Å². The molecular formula is C21H23N3O2. The number of carbonyl (C=O) groups is 1. The van der Waals surface area contributed by atoms with E-state index in [0.29, 0.717) is 25.1 Å². The number of ether oxygens (including phenoxy) is 1. The second-order valence-electron chi connectivity index (χ2n) is 6.51. The predicted octanol–water partition coefficient (Wildman–Crippen LogP) is 2.47. The number of nitriles is 1. The Hall–Kier alpha value is -2.68. The lowest BCUT2D eigenvalue weighted by Crippen LogP contribution is -2.44. The highest BCUT2D eigenvalue weighted by atomic mass is 16.5. The zero-order chi connectivity index (χ0) is 18.2. The Labute approximate surface area is 154 Å². The Morgan fingerprint density at radius 1 is 1.19 bits per heavy atom. The molecule has 0 spiro atoms. The standard InChI is InChI=1S/C21H23N3O2/c22-13-18-7-4-8-19(11-18)14-23-21(25)12-20-16-24(9-10-26-20)15-17-5-2-1-3-6-17/h1-8,11,20H,9-10,12,14-16H2,(H,23,25)/t20-/m1/s1. The van der Waals surface area contributed by atoms with Gasteiger partial charge < -0.3 is 10.1 Å². The second-order valence-corrected chi connectivity index (χ2v) is 6.51. The van der Waals surface area contributed by atoms with Crippen LogP contribution in [0.25, 0.3) is 0 Å². The van der Waals surface area contributed by atoms with Crippen molar-refractivity contribution in [3.05, 3.63) is 71.3 Å². The van der Waals surface area contributed by atoms with Gasteiger partial charge in [-0.05, 0) is 23.3 Å². The molecule has 0 aliphatic carbocycles. The molecule has 1 aliphatic rings. The van der Waals surface area contributed by atoms with Crippen LogP contribution in [0.1, 0.15) is 23.1 Å². The molecule has 5 nitrogen and oxygen atoms in total. The topological polar surface area (TPSA) is 65.4 Å². The summed E-state index contributed by atoms with van der Waals surface area (Å²) in [5.74, 6) is -0.0288. The number of nitrogens with one attached hydrogen (secondary N) is 1. The Bertz CT molecular complexity index is 770. The van der Waals surface area contributed by atoms with E-state index >= 15 is 0 Å². The summed E-state index contributed by atoms with van der Waals surface area (Å²) in [6.07, 6.45) is 0.265. The van der Waals surface area contributed by atoms with Crippen molar-refractivity contribution in [2.45, 2.75) is 25.6 Å². The first-order valence-corrected chi connectivity index (χ1v) is 8.86. The van der Waals surface area contributed by atoms with Crippen molar-refractivity contribution in [2.24, 2.45) is 0 Å². The van der Waals surface area contributed by atoms with Crippen LogP contribution >= 0.6 is 0 Å². The van der Waals surface area contributed by atoms with E-state index in [1.165, 1.54) is 5.56 Å². The summed E-state index contributed by atoms with van der Waals surface area (Å²) in [7, 11) is 0. The monoisotopic (exact) mass is 349 g/mol. The molecule has 0 saturated carbocycles. The lowest BCUT2D eigenvalue weighted by Gasteiger charge is -2.32. The van der Waals surface area contributed by atoms with E-state index in [1.54, 1.807) is 12.1 Å². The summed E-state index contributed by atoms with van der Waals surface area (Å²) in [5.41, 5.74) is 2.80. The second kappa shape index (κ2) is 9.14. The molecule has 1 atom stereocenters. The maximum atomic E-state index is 12.2. The van der Waals surface area contributed by atoms with Crippen LogP contribution in [-0.4, -0.2) is 36.6 Å². The van der Waals surface area contributed by atoms with Crippen LogP contribution in [0.3, 0.4) is 0 Å². The van der Waals surface area contributed by atoms with E-state index in [9.17, 15) is 4.79 Å². The molecule has 0 aromatic heterocycles. The van der Waals surface area contributed by atoms with Gasteiger partial charge in [0, 0.05) is 26.2 Å². The van der Waals surface area contributed by atoms with Crippen LogP contribution < -0.4 is 5.32 Å². The molecule has 0 bridgehead atoms. The molecule has 1 amide bonds. The van der Waals surface area contributed by atoms with Crippen molar-refractivity contribution in [3.8, 4) is 6.07 Å². The van der Waals surface area contributed by atoms with Crippen LogP contribution in [0.2, 0.25) is 0 Å². The molecule has 1 N–H and O–H groups in total. The minimum Gasteiger partial charge on any atom is -0.375 e. The van der Waals surface area contributed by atoms with Crippen molar-refractivity contribution in [1.29, 1.82) is 5.26 Å². The molecule has 2 aromatic rings. The first-order chi connectivity index (χ1) is 12.7. The van der Waals surface area contributed by atoms with Gasteiger partial charge in [-0.15, -0.1) is 0 Å². The third-order valence-electron chi connectivity index (χ3n) is 4.43. The lowest BCUT2D eigenvalue weighted by atomic mass is 10.1. The number of amides is 1. The van der Waals surface area contributed by atoms with E-state index in [0.717, 1.165) is 25.2 Å². The molecule has 1 saturated heterocycles. The number of hydrogen-bond acceptors (Lipinski definition) is 4. The maximum Gasteiger partial charge on any atom is 0.222 e. The molecule has 0 radical (unpaired) electrons. The van der Waals surface area contributed by atoms with Crippen LogP contribution in [0.5, 0.6) is 0 Å². The number of benzene rings is 2. The van der Waals surface area contributed by atoms with E-state index < -0.39 is 0 Å². The number of nitrogens with zero attached hydrogens (tertiary/aromatic N) is 2. The lowest BCUT2D eigenvalue weighted by molar-refractivity contribution is -0.126. The van der Waals surface area contributed by atoms with Crippen molar-refractivity contribution < 1.29 is 9.53 Å². The maximum absolute atomic E-state index is 12.2. The van der Waals surface area contributed by atoms with Gasteiger partial charge in [-0.1, -0.05) is 42.5 Å². The third kappa shape index (κ3) is 5.41. The predicted molar refractivity (Wildman–Crippen MR) is 99.1 cm³/mol. The van der Waals surface area contributed by atoms with Crippen LogP contribution in [-0.2, 0) is 22.6 Å². The van der Waals surface area contributed by atoms with Gasteiger partial charge in [-0.3, -0.25) is 9.69 Å². The Kier molecular flexibility index (Phi) is 6.37. The van der Waals surface area contributed by atoms with Crippen LogP contribution in [0.4, 0.5) is 0 Å². The summed E-state index contributed by atoms with van der Waals surface area (Å²) < 4.78 is 5.76. The number of rotatable bonds is 6. The number of carbonyl (C=O) groups excluding carboxylic acids is 1. The van der Waals surface area contributed by atoms with Gasteiger partial charge in [0.1, 0.15) is 0 Å². The fraction of sp³-hybridized carbons (Fsp3) is 0.333. The molecule has 0 unspecified atom stereocenters. The molecule has 3 rings (SSSR count). The molecule has 1 fully saturated rings. The van der Waals surface area contributed by atoms with Gasteiger partial charge >= 0.3 is 0 Å². The Balaban J connectivity index is 1.45. The van der Waals surface area contributed by atoms with Crippen molar-refractivity contribution >= 4 is 5.91 Å². The van der Waals surface area contributed by atoms with E-state index in [1.807, 2.05) is 30.3 Å². The van der Waals surface area contributed by atoms with Crippen LogP contribution in [0.15, 0.2) is 54.6 Å². The van der Waals surface area contributed by atoms with Crippen molar-refractivity contribution in [1.82, 2.24) is 10.2 Å². The zero-order valence-corrected chi connectivity index (χ0v) is 14.7. The minimum absolute atomic E-state index is 0.0288. The number of morpholine rings is 1. The Morgan fingerprint density at radius 2 is 2.00 bits per heavy atom. The highest BCUT2D eigenvalue weighted by Gasteiger charge is 2.22. The SMILES string of the molecule is N#Cc1cccc(CNC(=O)C[C@@H]2CN(Cc3ccccc3)CCO2)c1. The molecule has 26 heavy (non-hydrogen) atoms. The van der Waals surface area contributed by atoms with Gasteiger partial charge in [0.25, 0.3) is 0 Å². The van der Waals surface area contributed by atoms with Crippen molar-refractivity contribution in [2.75, 3.05) is 19.7 Å². The van der Waals surface area contributed by atoms with Gasteiger partial charge in [0.15, 0.2) is 0 Å². The fourth-order valence-electron chi connectivity index (χ4n) is 3.12.